The van der Waals surface area contributed by atoms with Gasteiger partial charge in [-0.05, 0) is 25.5 Å². The summed E-state index contributed by atoms with van der Waals surface area (Å²) in [6, 6.07) is 4.11. The van der Waals surface area contributed by atoms with E-state index in [1.165, 1.54) is 9.78 Å². The highest BCUT2D eigenvalue weighted by atomic mass is 32.1. The molecule has 1 aliphatic rings. The lowest BCUT2D eigenvalue weighted by atomic mass is 10.3. The molecule has 0 radical (unpaired) electrons. The number of hydrogen-bond donors (Lipinski definition) is 1. The third kappa shape index (κ3) is 4.52. The number of thiazole rings is 1. The number of rotatable bonds is 7. The Hall–Kier alpha value is -2.06. The van der Waals surface area contributed by atoms with Gasteiger partial charge in [0.05, 0.1) is 15.6 Å². The molecule has 1 aliphatic heterocycles. The lowest BCUT2D eigenvalue weighted by Gasteiger charge is -2.13. The molecule has 8 heteroatoms. The van der Waals surface area contributed by atoms with Crippen LogP contribution < -0.4 is 5.32 Å². The Morgan fingerprint density at radius 2 is 2.04 bits per heavy atom. The molecule has 0 aliphatic carbocycles. The van der Waals surface area contributed by atoms with Gasteiger partial charge in [-0.25, -0.2) is 4.98 Å². The fraction of sp³-hybridized carbons (Fsp3) is 0.412. The largest absolute Gasteiger partial charge is 0.356 e. The predicted molar refractivity (Wildman–Crippen MR) is 97.4 cm³/mol. The van der Waals surface area contributed by atoms with Gasteiger partial charge in [0.25, 0.3) is 0 Å². The van der Waals surface area contributed by atoms with E-state index in [1.54, 1.807) is 22.7 Å². The van der Waals surface area contributed by atoms with Crippen LogP contribution in [-0.2, 0) is 20.8 Å². The van der Waals surface area contributed by atoms with Crippen molar-refractivity contribution in [3.8, 4) is 10.6 Å². The highest BCUT2D eigenvalue weighted by Gasteiger charge is 2.28. The van der Waals surface area contributed by atoms with E-state index in [0.717, 1.165) is 22.0 Å². The Bertz CT molecular complexity index is 781. The van der Waals surface area contributed by atoms with Crippen molar-refractivity contribution in [1.82, 2.24) is 15.2 Å². The summed E-state index contributed by atoms with van der Waals surface area (Å²) in [6.07, 6.45) is 1.44. The first kappa shape index (κ1) is 17.8. The van der Waals surface area contributed by atoms with Gasteiger partial charge in [0.15, 0.2) is 0 Å². The molecule has 1 fully saturated rings. The zero-order valence-corrected chi connectivity index (χ0v) is 15.5. The molecule has 3 heterocycles. The fourth-order valence-corrected chi connectivity index (χ4v) is 4.28. The molecule has 6 nitrogen and oxygen atoms in total. The molecule has 1 N–H and O–H groups in total. The topological polar surface area (TPSA) is 79.4 Å². The van der Waals surface area contributed by atoms with Crippen molar-refractivity contribution in [1.29, 1.82) is 0 Å². The average Bonchev–Trinajstić information content (AvgIpc) is 3.28. The van der Waals surface area contributed by atoms with Crippen LogP contribution in [0.3, 0.4) is 0 Å². The third-order valence-corrected chi connectivity index (χ3v) is 5.89. The molecule has 3 rings (SSSR count). The maximum absolute atomic E-state index is 11.9. The second-order valence-corrected chi connectivity index (χ2v) is 8.04. The summed E-state index contributed by atoms with van der Waals surface area (Å²) >= 11 is 3.31. The van der Waals surface area contributed by atoms with Gasteiger partial charge < -0.3 is 5.32 Å². The molecular weight excluding hydrogens is 358 g/mol. The first-order valence-electron chi connectivity index (χ1n) is 8.14. The molecular formula is C17H19N3O3S2. The summed E-state index contributed by atoms with van der Waals surface area (Å²) in [5, 5.41) is 5.94. The summed E-state index contributed by atoms with van der Waals surface area (Å²) < 4.78 is 0. The van der Waals surface area contributed by atoms with Crippen LogP contribution in [0.25, 0.3) is 10.6 Å². The second kappa shape index (κ2) is 7.88. The van der Waals surface area contributed by atoms with E-state index in [2.05, 4.69) is 22.4 Å². The lowest BCUT2D eigenvalue weighted by molar-refractivity contribution is -0.138. The Morgan fingerprint density at radius 3 is 2.72 bits per heavy atom. The van der Waals surface area contributed by atoms with Crippen LogP contribution in [0, 0.1) is 6.92 Å². The Balaban J connectivity index is 1.41. The lowest BCUT2D eigenvalue weighted by Crippen LogP contribution is -2.34. The number of imide groups is 1. The highest BCUT2D eigenvalue weighted by molar-refractivity contribution is 7.16. The molecule has 25 heavy (non-hydrogen) atoms. The second-order valence-electron chi connectivity index (χ2n) is 5.81. The first-order chi connectivity index (χ1) is 12.0. The summed E-state index contributed by atoms with van der Waals surface area (Å²) in [6.45, 7) is 2.70. The first-order valence-corrected chi connectivity index (χ1v) is 9.83. The average molecular weight is 377 g/mol. The van der Waals surface area contributed by atoms with Gasteiger partial charge in [-0.3, -0.25) is 19.3 Å². The minimum absolute atomic E-state index is 0.139. The van der Waals surface area contributed by atoms with Gasteiger partial charge in [-0.1, -0.05) is 0 Å². The summed E-state index contributed by atoms with van der Waals surface area (Å²) in [5.74, 6) is -0.498. The third-order valence-electron chi connectivity index (χ3n) is 3.94. The van der Waals surface area contributed by atoms with Gasteiger partial charge in [0.2, 0.25) is 17.7 Å². The van der Waals surface area contributed by atoms with Crippen LogP contribution in [0.1, 0.15) is 29.1 Å². The smallest absolute Gasteiger partial charge is 0.229 e. The standard InChI is InChI=1S/C17H19N3O3S2/c1-11-19-13(10-24-11)14-3-2-12(25-14)6-8-18-15(21)7-9-20-16(22)4-5-17(20)23/h2-3,10H,4-9H2,1H3,(H,18,21). The molecule has 0 saturated carbocycles. The van der Waals surface area contributed by atoms with Crippen LogP contribution in [0.2, 0.25) is 0 Å². The van der Waals surface area contributed by atoms with Crippen LogP contribution in [0.15, 0.2) is 17.5 Å². The van der Waals surface area contributed by atoms with Crippen molar-refractivity contribution in [3.63, 3.8) is 0 Å². The van der Waals surface area contributed by atoms with E-state index in [9.17, 15) is 14.4 Å². The van der Waals surface area contributed by atoms with Crippen molar-refractivity contribution < 1.29 is 14.4 Å². The van der Waals surface area contributed by atoms with E-state index >= 15 is 0 Å². The minimum Gasteiger partial charge on any atom is -0.356 e. The molecule has 2 aromatic heterocycles. The number of carbonyl (C=O) groups excluding carboxylic acids is 3. The van der Waals surface area contributed by atoms with Gasteiger partial charge in [0.1, 0.15) is 0 Å². The summed E-state index contributed by atoms with van der Waals surface area (Å²) in [4.78, 5) is 42.8. The van der Waals surface area contributed by atoms with Gasteiger partial charge in [-0.2, -0.15) is 0 Å². The van der Waals surface area contributed by atoms with Crippen LogP contribution in [0.5, 0.6) is 0 Å². The van der Waals surface area contributed by atoms with Crippen molar-refractivity contribution in [3.05, 3.63) is 27.4 Å². The van der Waals surface area contributed by atoms with Gasteiger partial charge in [-0.15, -0.1) is 22.7 Å². The monoisotopic (exact) mass is 377 g/mol. The van der Waals surface area contributed by atoms with Crippen molar-refractivity contribution in [2.45, 2.75) is 32.6 Å². The van der Waals surface area contributed by atoms with E-state index in [-0.39, 0.29) is 43.5 Å². The Morgan fingerprint density at radius 1 is 1.28 bits per heavy atom. The zero-order chi connectivity index (χ0) is 17.8. The molecule has 0 unspecified atom stereocenters. The van der Waals surface area contributed by atoms with E-state index in [1.807, 2.05) is 12.3 Å². The number of amides is 3. The van der Waals surface area contributed by atoms with Crippen LogP contribution >= 0.6 is 22.7 Å². The number of nitrogens with one attached hydrogen (secondary N) is 1. The van der Waals surface area contributed by atoms with Gasteiger partial charge in [0, 0.05) is 42.6 Å². The van der Waals surface area contributed by atoms with Crippen molar-refractivity contribution >= 4 is 40.4 Å². The fourth-order valence-electron chi connectivity index (χ4n) is 2.63. The van der Waals surface area contributed by atoms with E-state index < -0.39 is 0 Å². The predicted octanol–water partition coefficient (Wildman–Crippen LogP) is 2.38. The molecule has 1 saturated heterocycles. The van der Waals surface area contributed by atoms with Crippen LogP contribution in [-0.4, -0.2) is 40.7 Å². The summed E-state index contributed by atoms with van der Waals surface area (Å²) in [7, 11) is 0. The molecule has 132 valence electrons. The number of thiophene rings is 1. The van der Waals surface area contributed by atoms with Gasteiger partial charge >= 0.3 is 0 Å². The van der Waals surface area contributed by atoms with Crippen LogP contribution in [0.4, 0.5) is 0 Å². The minimum atomic E-state index is -0.179. The number of hydrogen-bond acceptors (Lipinski definition) is 6. The quantitative estimate of drug-likeness (QED) is 0.752. The highest BCUT2D eigenvalue weighted by Crippen LogP contribution is 2.29. The normalized spacial score (nSPS) is 14.4. The van der Waals surface area contributed by atoms with E-state index in [4.69, 9.17) is 0 Å². The Labute approximate surface area is 153 Å². The zero-order valence-electron chi connectivity index (χ0n) is 13.9. The summed E-state index contributed by atoms with van der Waals surface area (Å²) in [5.41, 5.74) is 1.00. The molecule has 3 amide bonds. The van der Waals surface area contributed by atoms with E-state index in [0.29, 0.717) is 6.54 Å². The molecule has 0 bridgehead atoms. The molecule has 0 spiro atoms. The van der Waals surface area contributed by atoms with Crippen molar-refractivity contribution in [2.24, 2.45) is 0 Å². The maximum Gasteiger partial charge on any atom is 0.229 e. The van der Waals surface area contributed by atoms with Crippen molar-refractivity contribution in [2.75, 3.05) is 13.1 Å². The Kier molecular flexibility index (Phi) is 5.60. The molecule has 0 aromatic carbocycles. The SMILES string of the molecule is Cc1nc(-c2ccc(CCNC(=O)CCN3C(=O)CCC3=O)s2)cs1. The maximum atomic E-state index is 11.9. The molecule has 2 aromatic rings. The number of carbonyl (C=O) groups is 3. The molecule has 0 atom stereocenters. The number of aromatic nitrogens is 1. The number of aryl methyl sites for hydroxylation is 1. The number of nitrogens with zero attached hydrogens (tertiary/aromatic N) is 2. The number of likely N-dealkylation sites (tertiary alicyclic amines) is 1.